The van der Waals surface area contributed by atoms with Gasteiger partial charge in [-0.15, -0.1) is 0 Å². The van der Waals surface area contributed by atoms with E-state index in [4.69, 9.17) is 9.15 Å². The second-order valence-corrected chi connectivity index (χ2v) is 11.2. The molecule has 1 aliphatic rings. The molecule has 1 saturated heterocycles. The maximum Gasteiger partial charge on any atom is 0.417 e. The van der Waals surface area contributed by atoms with Crippen LogP contribution in [0.1, 0.15) is 68.7 Å². The quantitative estimate of drug-likeness (QED) is 0.147. The molecular weight excluding hydrogens is 563 g/mol. The van der Waals surface area contributed by atoms with E-state index in [9.17, 15) is 27.6 Å². The van der Waals surface area contributed by atoms with Crippen molar-refractivity contribution in [1.29, 1.82) is 0 Å². The molecule has 1 unspecified atom stereocenters. The summed E-state index contributed by atoms with van der Waals surface area (Å²) < 4.78 is 52.9. The van der Waals surface area contributed by atoms with Crippen LogP contribution in [0.5, 0.6) is 5.75 Å². The Morgan fingerprint density at radius 1 is 1.00 bits per heavy atom. The number of nitrogens with zero attached hydrogens (tertiary/aromatic N) is 2. The number of urea groups is 1. The molecule has 0 aliphatic carbocycles. The van der Waals surface area contributed by atoms with Gasteiger partial charge in [-0.25, -0.2) is 9.59 Å². The van der Waals surface area contributed by atoms with Gasteiger partial charge in [-0.05, 0) is 61.9 Å². The van der Waals surface area contributed by atoms with Gasteiger partial charge in [-0.3, -0.25) is 9.69 Å². The summed E-state index contributed by atoms with van der Waals surface area (Å²) in [6.45, 7) is 5.88. The Hall–Kier alpha value is -4.02. The van der Waals surface area contributed by atoms with Gasteiger partial charge < -0.3 is 19.4 Å². The van der Waals surface area contributed by atoms with E-state index in [1.54, 1.807) is 6.92 Å². The number of imide groups is 1. The molecule has 0 spiro atoms. The lowest BCUT2D eigenvalue weighted by Gasteiger charge is -2.23. The van der Waals surface area contributed by atoms with E-state index < -0.39 is 28.9 Å². The first-order valence-corrected chi connectivity index (χ1v) is 14.6. The number of halogens is 3. The van der Waals surface area contributed by atoms with Gasteiger partial charge in [-0.1, -0.05) is 38.8 Å². The van der Waals surface area contributed by atoms with Crippen LogP contribution in [0.4, 0.5) is 23.7 Å². The maximum absolute atomic E-state index is 13.8. The summed E-state index contributed by atoms with van der Waals surface area (Å²) in [7, 11) is 3.84. The largest absolute Gasteiger partial charge is 0.493 e. The van der Waals surface area contributed by atoms with Crippen molar-refractivity contribution in [3.8, 4) is 5.75 Å². The Morgan fingerprint density at radius 2 is 1.67 bits per heavy atom. The van der Waals surface area contributed by atoms with Crippen LogP contribution in [0.3, 0.4) is 0 Å². The van der Waals surface area contributed by atoms with Crippen LogP contribution in [0.2, 0.25) is 0 Å². The molecule has 3 aromatic rings. The molecule has 8 nitrogen and oxygen atoms in total. The molecule has 11 heteroatoms. The van der Waals surface area contributed by atoms with Gasteiger partial charge >= 0.3 is 17.8 Å². The smallest absolute Gasteiger partial charge is 0.417 e. The molecular formula is C32H38F3N3O5. The van der Waals surface area contributed by atoms with E-state index >= 15 is 0 Å². The van der Waals surface area contributed by atoms with Crippen LogP contribution in [0.15, 0.2) is 45.6 Å². The minimum Gasteiger partial charge on any atom is -0.493 e. The van der Waals surface area contributed by atoms with Crippen molar-refractivity contribution < 1.29 is 31.9 Å². The van der Waals surface area contributed by atoms with Crippen LogP contribution in [-0.4, -0.2) is 44.1 Å². The number of hydrogen-bond donors (Lipinski definition) is 1. The molecule has 0 radical (unpaired) electrons. The van der Waals surface area contributed by atoms with Crippen molar-refractivity contribution in [2.45, 2.75) is 71.0 Å². The molecule has 43 heavy (non-hydrogen) atoms. The van der Waals surface area contributed by atoms with Crippen molar-refractivity contribution >= 4 is 28.6 Å². The third-order valence-electron chi connectivity index (χ3n) is 7.74. The fraction of sp³-hybridized carbons (Fsp3) is 0.469. The summed E-state index contributed by atoms with van der Waals surface area (Å²) in [5, 5.41) is 2.67. The van der Waals surface area contributed by atoms with Crippen LogP contribution in [-0.2, 0) is 29.4 Å². The normalized spacial score (nSPS) is 17.1. The molecule has 3 amide bonds. The fourth-order valence-corrected chi connectivity index (χ4v) is 5.49. The minimum absolute atomic E-state index is 0.103. The topological polar surface area (TPSA) is 92.1 Å². The van der Waals surface area contributed by atoms with Crippen molar-refractivity contribution in [1.82, 2.24) is 10.2 Å². The molecule has 1 aliphatic heterocycles. The number of unbranched alkanes of at least 4 members (excludes halogenated alkanes) is 1. The zero-order valence-electron chi connectivity index (χ0n) is 25.2. The Balaban J connectivity index is 1.49. The van der Waals surface area contributed by atoms with E-state index in [2.05, 4.69) is 5.32 Å². The van der Waals surface area contributed by atoms with Crippen molar-refractivity contribution in [3.05, 3.63) is 69.1 Å². The predicted octanol–water partition coefficient (Wildman–Crippen LogP) is 6.41. The standard InChI is InChI=1S/C32H38F3N3O5/c1-6-10-20-18-24-25(32(33,34)35)19-26(39)43-28(24)23(11-7-2)27(20)42-17-9-8-16-38-29(40)31(3,36-30(38)41)21-12-14-22(15-13-21)37(4)5/h12-15,18-19H,6-11,16-17H2,1-5H3,(H,36,41). The van der Waals surface area contributed by atoms with Gasteiger partial charge in [0.05, 0.1) is 12.2 Å². The highest BCUT2D eigenvalue weighted by Gasteiger charge is 2.48. The number of amides is 3. The Morgan fingerprint density at radius 3 is 2.28 bits per heavy atom. The number of rotatable bonds is 12. The van der Waals surface area contributed by atoms with Crippen molar-refractivity contribution in [3.63, 3.8) is 0 Å². The van der Waals surface area contributed by atoms with Crippen LogP contribution in [0.25, 0.3) is 11.0 Å². The lowest BCUT2D eigenvalue weighted by atomic mass is 9.92. The number of ether oxygens (including phenoxy) is 1. The number of hydrogen-bond acceptors (Lipinski definition) is 6. The first-order valence-electron chi connectivity index (χ1n) is 14.6. The summed E-state index contributed by atoms with van der Waals surface area (Å²) in [4.78, 5) is 41.3. The molecule has 1 N–H and O–H groups in total. The summed E-state index contributed by atoms with van der Waals surface area (Å²) in [6.07, 6.45) is -1.65. The summed E-state index contributed by atoms with van der Waals surface area (Å²) in [5.41, 5.74) is -0.652. The fourth-order valence-electron chi connectivity index (χ4n) is 5.49. The van der Waals surface area contributed by atoms with Crippen LogP contribution >= 0.6 is 0 Å². The lowest BCUT2D eigenvalue weighted by Crippen LogP contribution is -2.41. The Bertz CT molecular complexity index is 1550. The molecule has 0 saturated carbocycles. The molecule has 4 rings (SSSR count). The Kier molecular flexibility index (Phi) is 9.41. The van der Waals surface area contributed by atoms with Gasteiger partial charge in [0.2, 0.25) is 0 Å². The van der Waals surface area contributed by atoms with Gasteiger partial charge in [-0.2, -0.15) is 13.2 Å². The van der Waals surface area contributed by atoms with E-state index in [1.165, 1.54) is 11.0 Å². The van der Waals surface area contributed by atoms with Crippen LogP contribution < -0.4 is 20.6 Å². The predicted molar refractivity (Wildman–Crippen MR) is 159 cm³/mol. The van der Waals surface area contributed by atoms with E-state index in [1.807, 2.05) is 57.1 Å². The van der Waals surface area contributed by atoms with Crippen molar-refractivity contribution in [2.75, 3.05) is 32.1 Å². The summed E-state index contributed by atoms with van der Waals surface area (Å²) in [5.74, 6) is 0.0962. The van der Waals surface area contributed by atoms with Gasteiger partial charge in [0.25, 0.3) is 5.91 Å². The third-order valence-corrected chi connectivity index (χ3v) is 7.74. The molecule has 232 valence electrons. The molecule has 1 atom stereocenters. The highest BCUT2D eigenvalue weighted by molar-refractivity contribution is 6.07. The highest BCUT2D eigenvalue weighted by atomic mass is 19.4. The molecule has 1 aromatic heterocycles. The number of carbonyl (C=O) groups is 2. The zero-order valence-corrected chi connectivity index (χ0v) is 25.2. The van der Waals surface area contributed by atoms with E-state index in [0.717, 1.165) is 5.69 Å². The van der Waals surface area contributed by atoms with Gasteiger partial charge in [0.1, 0.15) is 16.9 Å². The number of fused-ring (bicyclic) bond motifs is 1. The lowest BCUT2D eigenvalue weighted by molar-refractivity contribution is -0.136. The molecule has 1 fully saturated rings. The van der Waals surface area contributed by atoms with Gasteiger partial charge in [0.15, 0.2) is 0 Å². The second-order valence-electron chi connectivity index (χ2n) is 11.2. The average molecular weight is 602 g/mol. The molecule has 0 bridgehead atoms. The number of anilines is 1. The number of nitrogens with one attached hydrogen (secondary N) is 1. The van der Waals surface area contributed by atoms with Crippen LogP contribution in [0, 0.1) is 0 Å². The summed E-state index contributed by atoms with van der Waals surface area (Å²) in [6, 6.07) is 8.88. The minimum atomic E-state index is -4.71. The second kappa shape index (κ2) is 12.7. The first-order chi connectivity index (χ1) is 20.3. The van der Waals surface area contributed by atoms with E-state index in [0.29, 0.717) is 67.0 Å². The number of benzene rings is 2. The third kappa shape index (κ3) is 6.50. The van der Waals surface area contributed by atoms with Crippen molar-refractivity contribution in [2.24, 2.45) is 0 Å². The van der Waals surface area contributed by atoms with E-state index in [-0.39, 0.29) is 30.0 Å². The number of aryl methyl sites for hydroxylation is 2. The first kappa shape index (κ1) is 31.9. The molecule has 2 aromatic carbocycles. The van der Waals surface area contributed by atoms with Gasteiger partial charge in [0, 0.05) is 43.3 Å². The maximum atomic E-state index is 13.8. The Labute approximate surface area is 248 Å². The number of carbonyl (C=O) groups excluding carboxylic acids is 2. The average Bonchev–Trinajstić information content (AvgIpc) is 3.17. The zero-order chi connectivity index (χ0) is 31.5. The highest BCUT2D eigenvalue weighted by Crippen LogP contribution is 2.40. The molecule has 2 heterocycles. The number of alkyl halides is 3. The SMILES string of the molecule is CCCc1cc2c(C(F)(F)F)cc(=O)oc2c(CCC)c1OCCCCN1C(=O)NC(C)(c2ccc(N(C)C)cc2)C1=O. The monoisotopic (exact) mass is 601 g/mol. The summed E-state index contributed by atoms with van der Waals surface area (Å²) >= 11 is 0.